The molecule has 1 heterocycles. The summed E-state index contributed by atoms with van der Waals surface area (Å²) in [6.07, 6.45) is -0.322. The molecule has 1 aliphatic rings. The maximum atomic E-state index is 13.7. The maximum absolute atomic E-state index is 13.7. The van der Waals surface area contributed by atoms with Crippen molar-refractivity contribution in [1.82, 2.24) is 10.4 Å². The Labute approximate surface area is 216 Å². The molecule has 1 saturated heterocycles. The summed E-state index contributed by atoms with van der Waals surface area (Å²) in [4.78, 5) is 40.3. The number of amides is 3. The minimum Gasteiger partial charge on any atom is -0.497 e. The number of thiocarbonyl (C=S) groups is 1. The molecule has 0 unspecified atom stereocenters. The molecule has 36 heavy (non-hydrogen) atoms. The van der Waals surface area contributed by atoms with Crippen LogP contribution in [0.15, 0.2) is 72.8 Å². The first-order valence-electron chi connectivity index (χ1n) is 10.7. The largest absolute Gasteiger partial charge is 0.497 e. The lowest BCUT2D eigenvalue weighted by Gasteiger charge is -2.24. The van der Waals surface area contributed by atoms with E-state index in [1.165, 1.54) is 30.2 Å². The molecule has 3 amide bonds. The number of carbonyl (C=O) groups is 3. The molecule has 1 atom stereocenters. The number of rotatable bonds is 7. The zero-order valence-corrected chi connectivity index (χ0v) is 20.5. The van der Waals surface area contributed by atoms with Crippen LogP contribution in [0.3, 0.4) is 0 Å². The lowest BCUT2D eigenvalue weighted by molar-refractivity contribution is -0.124. The second kappa shape index (κ2) is 10.7. The Kier molecular flexibility index (Phi) is 7.47. The second-order valence-corrected chi connectivity index (χ2v) is 8.55. The zero-order valence-electron chi connectivity index (χ0n) is 18.9. The van der Waals surface area contributed by atoms with Crippen LogP contribution in [-0.2, 0) is 9.59 Å². The minimum absolute atomic E-state index is 0.0255. The van der Waals surface area contributed by atoms with Crippen molar-refractivity contribution in [3.63, 3.8) is 0 Å². The first-order valence-corrected chi connectivity index (χ1v) is 11.5. The van der Waals surface area contributed by atoms with Gasteiger partial charge in [-0.2, -0.15) is 0 Å². The van der Waals surface area contributed by atoms with Crippen LogP contribution >= 0.6 is 23.8 Å². The van der Waals surface area contributed by atoms with Gasteiger partial charge in [0, 0.05) is 16.3 Å². The molecule has 0 saturated carbocycles. The van der Waals surface area contributed by atoms with Gasteiger partial charge in [-0.1, -0.05) is 17.7 Å². The van der Waals surface area contributed by atoms with Gasteiger partial charge in [0.2, 0.25) is 11.0 Å². The van der Waals surface area contributed by atoms with Gasteiger partial charge in [0.25, 0.3) is 11.8 Å². The fourth-order valence-electron chi connectivity index (χ4n) is 3.59. The Hall–Kier alpha value is -4.02. The molecular weight excluding hydrogens is 507 g/mol. The number of benzene rings is 3. The smallest absolute Gasteiger partial charge is 0.269 e. The van der Waals surface area contributed by atoms with Gasteiger partial charge in [-0.05, 0) is 78.9 Å². The molecule has 11 heteroatoms. The number of nitrogens with zero attached hydrogens (tertiary/aromatic N) is 2. The lowest BCUT2D eigenvalue weighted by atomic mass is 10.1. The van der Waals surface area contributed by atoms with Crippen LogP contribution in [0.1, 0.15) is 16.8 Å². The van der Waals surface area contributed by atoms with Gasteiger partial charge in [0.15, 0.2) is 0 Å². The second-order valence-electron chi connectivity index (χ2n) is 7.75. The molecular formula is C25H20ClFN4O4S. The molecule has 0 spiro atoms. The van der Waals surface area contributed by atoms with E-state index in [0.717, 1.165) is 11.1 Å². The number of hydrogen-bond acceptors (Lipinski definition) is 5. The van der Waals surface area contributed by atoms with Crippen molar-refractivity contribution in [2.75, 3.05) is 17.3 Å². The van der Waals surface area contributed by atoms with Crippen molar-refractivity contribution in [3.05, 3.63) is 89.2 Å². The standard InChI is InChI=1S/C25H20ClFN4O4S/c1-35-20-11-9-19(10-12-20)30-24(34)21(14-22(32)28-18-7-5-16(26)6-8-18)31(25(30)36)29-23(33)15-3-2-4-17(27)13-15/h2-13,21H,14H2,1H3,(H,28,32)(H,29,33)/t21-/m1/s1. The van der Waals surface area contributed by atoms with Gasteiger partial charge in [-0.3, -0.25) is 24.7 Å². The summed E-state index contributed by atoms with van der Waals surface area (Å²) >= 11 is 11.4. The average molecular weight is 527 g/mol. The first-order chi connectivity index (χ1) is 17.3. The van der Waals surface area contributed by atoms with Crippen molar-refractivity contribution in [2.45, 2.75) is 12.5 Å². The van der Waals surface area contributed by atoms with E-state index in [-0.39, 0.29) is 17.1 Å². The molecule has 3 aromatic rings. The third kappa shape index (κ3) is 5.45. The molecule has 2 N–H and O–H groups in total. The highest BCUT2D eigenvalue weighted by Gasteiger charge is 2.45. The van der Waals surface area contributed by atoms with Crippen molar-refractivity contribution in [1.29, 1.82) is 0 Å². The van der Waals surface area contributed by atoms with E-state index in [4.69, 9.17) is 28.6 Å². The van der Waals surface area contributed by atoms with Crippen molar-refractivity contribution in [2.24, 2.45) is 0 Å². The molecule has 0 bridgehead atoms. The summed E-state index contributed by atoms with van der Waals surface area (Å²) in [5, 5.41) is 4.31. The highest BCUT2D eigenvalue weighted by Crippen LogP contribution is 2.28. The molecule has 0 aliphatic carbocycles. The summed E-state index contributed by atoms with van der Waals surface area (Å²) in [5.74, 6) is -1.71. The first kappa shape index (κ1) is 25.1. The van der Waals surface area contributed by atoms with Crippen molar-refractivity contribution < 1.29 is 23.5 Å². The van der Waals surface area contributed by atoms with E-state index < -0.39 is 29.6 Å². The fraction of sp³-hybridized carbons (Fsp3) is 0.120. The molecule has 1 fully saturated rings. The Morgan fingerprint density at radius 1 is 1.08 bits per heavy atom. The van der Waals surface area contributed by atoms with Gasteiger partial charge in [-0.15, -0.1) is 0 Å². The van der Waals surface area contributed by atoms with Crippen LogP contribution in [0, 0.1) is 5.82 Å². The van der Waals surface area contributed by atoms with E-state index in [1.54, 1.807) is 48.5 Å². The van der Waals surface area contributed by atoms with Crippen LogP contribution in [0.2, 0.25) is 5.02 Å². The van der Waals surface area contributed by atoms with E-state index in [9.17, 15) is 18.8 Å². The predicted molar refractivity (Wildman–Crippen MR) is 137 cm³/mol. The Balaban J connectivity index is 1.60. The molecule has 184 valence electrons. The monoisotopic (exact) mass is 526 g/mol. The molecule has 1 aliphatic heterocycles. The van der Waals surface area contributed by atoms with Crippen molar-refractivity contribution >= 4 is 58.0 Å². The quantitative estimate of drug-likeness (QED) is 0.449. The third-order valence-electron chi connectivity index (χ3n) is 5.36. The number of hydrogen-bond donors (Lipinski definition) is 2. The Morgan fingerprint density at radius 2 is 1.78 bits per heavy atom. The number of carbonyl (C=O) groups excluding carboxylic acids is 3. The summed E-state index contributed by atoms with van der Waals surface area (Å²) in [6.45, 7) is 0. The number of anilines is 2. The van der Waals surface area contributed by atoms with E-state index in [0.29, 0.717) is 22.1 Å². The van der Waals surface area contributed by atoms with Crippen molar-refractivity contribution in [3.8, 4) is 5.75 Å². The highest BCUT2D eigenvalue weighted by molar-refractivity contribution is 7.80. The van der Waals surface area contributed by atoms with Gasteiger partial charge >= 0.3 is 0 Å². The Bertz CT molecular complexity index is 1320. The summed E-state index contributed by atoms with van der Waals surface area (Å²) in [7, 11) is 1.51. The molecule has 0 radical (unpaired) electrons. The highest BCUT2D eigenvalue weighted by atomic mass is 35.5. The summed E-state index contributed by atoms with van der Waals surface area (Å²) in [5.41, 5.74) is 3.49. The van der Waals surface area contributed by atoms with Gasteiger partial charge in [0.05, 0.1) is 19.2 Å². The molecule has 4 rings (SSSR count). The van der Waals surface area contributed by atoms with Gasteiger partial charge in [-0.25, -0.2) is 9.40 Å². The average Bonchev–Trinajstić information content (AvgIpc) is 3.09. The number of hydrazine groups is 1. The number of methoxy groups -OCH3 is 1. The van der Waals surface area contributed by atoms with Crippen LogP contribution in [0.5, 0.6) is 5.75 Å². The van der Waals surface area contributed by atoms with Crippen LogP contribution in [0.25, 0.3) is 0 Å². The lowest BCUT2D eigenvalue weighted by Crippen LogP contribution is -2.49. The van der Waals surface area contributed by atoms with E-state index in [2.05, 4.69) is 10.7 Å². The number of nitrogens with one attached hydrogen (secondary N) is 2. The normalized spacial score (nSPS) is 15.1. The predicted octanol–water partition coefficient (Wildman–Crippen LogP) is 4.16. The summed E-state index contributed by atoms with van der Waals surface area (Å²) in [6, 6.07) is 17.0. The van der Waals surface area contributed by atoms with Crippen LogP contribution in [0.4, 0.5) is 15.8 Å². The number of halogens is 2. The topological polar surface area (TPSA) is 91.0 Å². The van der Waals surface area contributed by atoms with Gasteiger partial charge in [0.1, 0.15) is 17.6 Å². The van der Waals surface area contributed by atoms with E-state index >= 15 is 0 Å². The minimum atomic E-state index is -1.15. The molecule has 8 nitrogen and oxygen atoms in total. The molecule has 3 aromatic carbocycles. The van der Waals surface area contributed by atoms with Crippen LogP contribution in [-0.4, -0.2) is 41.0 Å². The zero-order chi connectivity index (χ0) is 25.8. The fourth-order valence-corrected chi connectivity index (χ4v) is 4.09. The number of ether oxygens (including phenoxy) is 1. The maximum Gasteiger partial charge on any atom is 0.269 e. The van der Waals surface area contributed by atoms with Crippen LogP contribution < -0.4 is 20.4 Å². The Morgan fingerprint density at radius 3 is 2.42 bits per heavy atom. The molecule has 0 aromatic heterocycles. The SMILES string of the molecule is COc1ccc(N2C(=O)[C@@H](CC(=O)Nc3ccc(Cl)cc3)N(NC(=O)c3cccc(F)c3)C2=S)cc1. The van der Waals surface area contributed by atoms with Gasteiger partial charge < -0.3 is 10.1 Å². The summed E-state index contributed by atoms with van der Waals surface area (Å²) < 4.78 is 18.8. The van der Waals surface area contributed by atoms with E-state index in [1.807, 2.05) is 0 Å². The third-order valence-corrected chi connectivity index (χ3v) is 5.99.